The van der Waals surface area contributed by atoms with Crippen LogP contribution in [0.1, 0.15) is 29.7 Å². The van der Waals surface area contributed by atoms with Gasteiger partial charge in [0.25, 0.3) is 0 Å². The average molecular weight is 242 g/mol. The summed E-state index contributed by atoms with van der Waals surface area (Å²) >= 11 is 0. The van der Waals surface area contributed by atoms with E-state index in [1.165, 1.54) is 0 Å². The topological polar surface area (TPSA) is 48.1 Å². The molecule has 1 aromatic carbocycles. The molecule has 0 bridgehead atoms. The maximum Gasteiger partial charge on any atom is 0.122 e. The number of benzene rings is 1. The predicted octanol–water partition coefficient (Wildman–Crippen LogP) is 2.99. The van der Waals surface area contributed by atoms with Crippen molar-refractivity contribution >= 4 is 0 Å². The van der Waals surface area contributed by atoms with Crippen LogP contribution in [0.25, 0.3) is 0 Å². The quantitative estimate of drug-likeness (QED) is 0.896. The third kappa shape index (κ3) is 3.08. The van der Waals surface area contributed by atoms with Crippen LogP contribution in [0.2, 0.25) is 0 Å². The number of hydrogen-bond acceptors (Lipinski definition) is 3. The van der Waals surface area contributed by atoms with E-state index in [0.717, 1.165) is 22.4 Å². The zero-order valence-corrected chi connectivity index (χ0v) is 10.8. The van der Waals surface area contributed by atoms with E-state index in [1.54, 1.807) is 12.4 Å². The third-order valence-corrected chi connectivity index (χ3v) is 2.87. The highest BCUT2D eigenvalue weighted by molar-refractivity contribution is 5.37. The van der Waals surface area contributed by atoms with E-state index in [4.69, 9.17) is 10.5 Å². The Kier molecular flexibility index (Phi) is 3.95. The minimum Gasteiger partial charge on any atom is -0.489 e. The number of aryl methyl sites for hydroxylation is 1. The summed E-state index contributed by atoms with van der Waals surface area (Å²) < 4.78 is 5.79. The Balaban J connectivity index is 2.06. The molecular weight excluding hydrogens is 224 g/mol. The molecule has 0 fully saturated rings. The molecule has 0 aliphatic carbocycles. The van der Waals surface area contributed by atoms with Gasteiger partial charge in [0.15, 0.2) is 0 Å². The fourth-order valence-corrected chi connectivity index (χ4v) is 1.76. The van der Waals surface area contributed by atoms with Crippen molar-refractivity contribution in [3.05, 3.63) is 59.4 Å². The number of nitrogens with zero attached hydrogens (tertiary/aromatic N) is 1. The second-order valence-corrected chi connectivity index (χ2v) is 4.46. The SMILES string of the molecule is Cc1cc([C@H](C)N)ccc1OCc1ccncc1. The number of aromatic nitrogens is 1. The monoisotopic (exact) mass is 242 g/mol. The first-order valence-corrected chi connectivity index (χ1v) is 6.04. The van der Waals surface area contributed by atoms with Crippen molar-refractivity contribution in [1.29, 1.82) is 0 Å². The van der Waals surface area contributed by atoms with Crippen molar-refractivity contribution in [2.75, 3.05) is 0 Å². The largest absolute Gasteiger partial charge is 0.489 e. The van der Waals surface area contributed by atoms with Gasteiger partial charge >= 0.3 is 0 Å². The zero-order valence-electron chi connectivity index (χ0n) is 10.8. The maximum absolute atomic E-state index is 5.85. The minimum absolute atomic E-state index is 0.0537. The lowest BCUT2D eigenvalue weighted by Gasteiger charge is -2.12. The van der Waals surface area contributed by atoms with Gasteiger partial charge in [0.1, 0.15) is 12.4 Å². The van der Waals surface area contributed by atoms with Gasteiger partial charge in [-0.15, -0.1) is 0 Å². The molecule has 0 amide bonds. The van der Waals surface area contributed by atoms with Crippen molar-refractivity contribution in [3.63, 3.8) is 0 Å². The van der Waals surface area contributed by atoms with E-state index in [-0.39, 0.29) is 6.04 Å². The Labute approximate surface area is 108 Å². The average Bonchev–Trinajstić information content (AvgIpc) is 2.38. The van der Waals surface area contributed by atoms with E-state index in [9.17, 15) is 0 Å². The van der Waals surface area contributed by atoms with Gasteiger partial charge in [-0.05, 0) is 48.7 Å². The third-order valence-electron chi connectivity index (χ3n) is 2.87. The van der Waals surface area contributed by atoms with Gasteiger partial charge < -0.3 is 10.5 Å². The summed E-state index contributed by atoms with van der Waals surface area (Å²) in [4.78, 5) is 3.98. The first-order valence-electron chi connectivity index (χ1n) is 6.04. The van der Waals surface area contributed by atoms with Crippen LogP contribution >= 0.6 is 0 Å². The Morgan fingerprint density at radius 3 is 2.56 bits per heavy atom. The van der Waals surface area contributed by atoms with Gasteiger partial charge in [0.2, 0.25) is 0 Å². The lowest BCUT2D eigenvalue weighted by molar-refractivity contribution is 0.304. The standard InChI is InChI=1S/C15H18N2O/c1-11-9-14(12(2)16)3-4-15(11)18-10-13-5-7-17-8-6-13/h3-9,12H,10,16H2,1-2H3/t12-/m0/s1. The Morgan fingerprint density at radius 1 is 1.22 bits per heavy atom. The van der Waals surface area contributed by atoms with Crippen molar-refractivity contribution < 1.29 is 4.74 Å². The summed E-state index contributed by atoms with van der Waals surface area (Å²) in [5.74, 6) is 0.899. The minimum atomic E-state index is 0.0537. The van der Waals surface area contributed by atoms with Crippen LogP contribution in [0.3, 0.4) is 0 Å². The molecule has 2 N–H and O–H groups in total. The molecule has 3 nitrogen and oxygen atoms in total. The number of hydrogen-bond donors (Lipinski definition) is 1. The molecule has 2 rings (SSSR count). The van der Waals surface area contributed by atoms with Crippen molar-refractivity contribution in [3.8, 4) is 5.75 Å². The first kappa shape index (κ1) is 12.6. The molecule has 1 atom stereocenters. The van der Waals surface area contributed by atoms with Crippen LogP contribution in [-0.4, -0.2) is 4.98 Å². The van der Waals surface area contributed by atoms with Gasteiger partial charge in [-0.1, -0.05) is 12.1 Å². The van der Waals surface area contributed by atoms with Gasteiger partial charge in [-0.3, -0.25) is 4.98 Å². The molecule has 0 aliphatic heterocycles. The van der Waals surface area contributed by atoms with Gasteiger partial charge in [0.05, 0.1) is 0 Å². The lowest BCUT2D eigenvalue weighted by atomic mass is 10.1. The van der Waals surface area contributed by atoms with E-state index < -0.39 is 0 Å². The molecule has 1 aromatic heterocycles. The van der Waals surface area contributed by atoms with Gasteiger partial charge in [-0.25, -0.2) is 0 Å². The number of ether oxygens (including phenoxy) is 1. The molecule has 94 valence electrons. The molecule has 0 aliphatic rings. The molecule has 0 saturated carbocycles. The van der Waals surface area contributed by atoms with Crippen LogP contribution in [0.5, 0.6) is 5.75 Å². The first-order chi connectivity index (χ1) is 8.66. The second kappa shape index (κ2) is 5.65. The van der Waals surface area contributed by atoms with E-state index in [1.807, 2.05) is 38.1 Å². The van der Waals surface area contributed by atoms with Gasteiger partial charge in [0, 0.05) is 18.4 Å². The van der Waals surface area contributed by atoms with Crippen LogP contribution < -0.4 is 10.5 Å². The normalized spacial score (nSPS) is 12.2. The second-order valence-electron chi connectivity index (χ2n) is 4.46. The Bertz CT molecular complexity index is 509. The number of rotatable bonds is 4. The molecule has 0 spiro atoms. The highest BCUT2D eigenvalue weighted by Crippen LogP contribution is 2.22. The summed E-state index contributed by atoms with van der Waals surface area (Å²) in [6, 6.07) is 10.0. The van der Waals surface area contributed by atoms with Crippen LogP contribution in [-0.2, 0) is 6.61 Å². The van der Waals surface area contributed by atoms with E-state index >= 15 is 0 Å². The molecule has 2 aromatic rings. The van der Waals surface area contributed by atoms with Crippen LogP contribution in [0, 0.1) is 6.92 Å². The summed E-state index contributed by atoms with van der Waals surface area (Å²) in [5.41, 5.74) is 9.20. The molecular formula is C15H18N2O. The molecule has 3 heteroatoms. The molecule has 18 heavy (non-hydrogen) atoms. The predicted molar refractivity (Wildman–Crippen MR) is 72.4 cm³/mol. The van der Waals surface area contributed by atoms with Crippen molar-refractivity contribution in [2.45, 2.75) is 26.5 Å². The van der Waals surface area contributed by atoms with Crippen molar-refractivity contribution in [2.24, 2.45) is 5.73 Å². The molecule has 0 radical (unpaired) electrons. The fourth-order valence-electron chi connectivity index (χ4n) is 1.76. The molecule has 0 saturated heterocycles. The summed E-state index contributed by atoms with van der Waals surface area (Å²) in [7, 11) is 0. The lowest BCUT2D eigenvalue weighted by Crippen LogP contribution is -2.05. The number of pyridine rings is 1. The summed E-state index contributed by atoms with van der Waals surface area (Å²) in [6.07, 6.45) is 3.54. The Morgan fingerprint density at radius 2 is 1.94 bits per heavy atom. The highest BCUT2D eigenvalue weighted by Gasteiger charge is 2.04. The Hall–Kier alpha value is -1.87. The summed E-state index contributed by atoms with van der Waals surface area (Å²) in [5, 5.41) is 0. The van der Waals surface area contributed by atoms with E-state index in [2.05, 4.69) is 11.1 Å². The number of nitrogens with two attached hydrogens (primary N) is 1. The van der Waals surface area contributed by atoms with Crippen LogP contribution in [0.15, 0.2) is 42.7 Å². The smallest absolute Gasteiger partial charge is 0.122 e. The fraction of sp³-hybridized carbons (Fsp3) is 0.267. The van der Waals surface area contributed by atoms with Gasteiger partial charge in [-0.2, -0.15) is 0 Å². The zero-order chi connectivity index (χ0) is 13.0. The van der Waals surface area contributed by atoms with Crippen molar-refractivity contribution in [1.82, 2.24) is 4.98 Å². The highest BCUT2D eigenvalue weighted by atomic mass is 16.5. The maximum atomic E-state index is 5.85. The molecule has 0 unspecified atom stereocenters. The summed E-state index contributed by atoms with van der Waals surface area (Å²) in [6.45, 7) is 4.57. The molecule has 1 heterocycles. The van der Waals surface area contributed by atoms with Crippen LogP contribution in [0.4, 0.5) is 0 Å². The van der Waals surface area contributed by atoms with E-state index in [0.29, 0.717) is 6.61 Å².